The quantitative estimate of drug-likeness (QED) is 0.803. The molecule has 86 valence electrons. The molecule has 0 aliphatic carbocycles. The number of hydrogen-bond donors (Lipinski definition) is 1. The van der Waals surface area contributed by atoms with Crippen molar-refractivity contribution in [1.82, 2.24) is 14.8 Å². The molecule has 0 saturated heterocycles. The Morgan fingerprint density at radius 1 is 1.35 bits per heavy atom. The van der Waals surface area contributed by atoms with Gasteiger partial charge in [-0.15, -0.1) is 0 Å². The molecule has 0 amide bonds. The van der Waals surface area contributed by atoms with Crippen molar-refractivity contribution >= 4 is 5.69 Å². The van der Waals surface area contributed by atoms with Gasteiger partial charge in [0.2, 0.25) is 0 Å². The second-order valence-corrected chi connectivity index (χ2v) is 3.93. The molecule has 0 aromatic carbocycles. The smallest absolute Gasteiger partial charge is 0.171 e. The first-order valence-electron chi connectivity index (χ1n) is 5.24. The molecule has 0 radical (unpaired) electrons. The molecule has 0 aliphatic rings. The summed E-state index contributed by atoms with van der Waals surface area (Å²) in [5, 5.41) is 13.5. The Labute approximate surface area is 99.5 Å². The van der Waals surface area contributed by atoms with E-state index in [1.165, 1.54) is 0 Å². The van der Waals surface area contributed by atoms with Crippen molar-refractivity contribution in [1.29, 1.82) is 5.26 Å². The molecule has 0 fully saturated rings. The molecule has 0 bridgehead atoms. The van der Waals surface area contributed by atoms with Gasteiger partial charge in [-0.2, -0.15) is 10.4 Å². The van der Waals surface area contributed by atoms with Crippen molar-refractivity contribution in [2.45, 2.75) is 20.8 Å². The fourth-order valence-corrected chi connectivity index (χ4v) is 1.70. The zero-order valence-electron chi connectivity index (χ0n) is 10.0. The van der Waals surface area contributed by atoms with Gasteiger partial charge < -0.3 is 5.73 Å². The molecular formula is C12H13N5. The fraction of sp³-hybridized carbons (Fsp3) is 0.250. The molecule has 2 rings (SSSR count). The van der Waals surface area contributed by atoms with E-state index in [9.17, 15) is 0 Å². The van der Waals surface area contributed by atoms with Crippen LogP contribution in [0.25, 0.3) is 5.82 Å². The Balaban J connectivity index is 2.74. The van der Waals surface area contributed by atoms with Crippen LogP contribution in [-0.2, 0) is 0 Å². The second kappa shape index (κ2) is 3.91. The molecule has 2 N–H and O–H groups in total. The van der Waals surface area contributed by atoms with Gasteiger partial charge in [0.1, 0.15) is 6.07 Å². The first-order valence-corrected chi connectivity index (χ1v) is 5.24. The molecule has 2 heterocycles. The van der Waals surface area contributed by atoms with Crippen LogP contribution in [0.1, 0.15) is 22.5 Å². The summed E-state index contributed by atoms with van der Waals surface area (Å²) in [6.45, 7) is 5.57. The van der Waals surface area contributed by atoms with Gasteiger partial charge >= 0.3 is 0 Å². The predicted octanol–water partition coefficient (Wildman–Crippen LogP) is 1.65. The lowest BCUT2D eigenvalue weighted by Gasteiger charge is -2.07. The Kier molecular flexibility index (Phi) is 2.56. The zero-order chi connectivity index (χ0) is 12.6. The number of pyridine rings is 1. The van der Waals surface area contributed by atoms with Crippen molar-refractivity contribution in [3.05, 3.63) is 34.8 Å². The maximum atomic E-state index is 9.17. The van der Waals surface area contributed by atoms with E-state index in [1.807, 2.05) is 20.8 Å². The number of nitriles is 1. The lowest BCUT2D eigenvalue weighted by molar-refractivity contribution is 0.801. The number of rotatable bonds is 1. The fourth-order valence-electron chi connectivity index (χ4n) is 1.70. The number of hydrogen-bond acceptors (Lipinski definition) is 4. The van der Waals surface area contributed by atoms with E-state index >= 15 is 0 Å². The lowest BCUT2D eigenvalue weighted by Crippen LogP contribution is -2.06. The number of anilines is 1. The zero-order valence-corrected chi connectivity index (χ0v) is 10.0. The molecule has 0 unspecified atom stereocenters. The maximum absolute atomic E-state index is 9.17. The van der Waals surface area contributed by atoms with E-state index in [0.717, 1.165) is 17.0 Å². The SMILES string of the molecule is Cc1ccnc(-n2nc(C)c(N)c2C)c1C#N. The normalized spacial score (nSPS) is 10.2. The first kappa shape index (κ1) is 11.1. The van der Waals surface area contributed by atoms with Gasteiger partial charge in [-0.3, -0.25) is 0 Å². The highest BCUT2D eigenvalue weighted by molar-refractivity contribution is 5.54. The molecule has 0 saturated carbocycles. The first-order chi connectivity index (χ1) is 8.06. The molecule has 5 heteroatoms. The topological polar surface area (TPSA) is 80.5 Å². The van der Waals surface area contributed by atoms with Crippen molar-refractivity contribution < 1.29 is 0 Å². The molecule has 17 heavy (non-hydrogen) atoms. The molecule has 2 aromatic heterocycles. The Morgan fingerprint density at radius 3 is 2.59 bits per heavy atom. The third kappa shape index (κ3) is 1.64. The van der Waals surface area contributed by atoms with Crippen LogP contribution in [0.4, 0.5) is 5.69 Å². The minimum atomic E-state index is 0.526. The van der Waals surface area contributed by atoms with Gasteiger partial charge in [-0.05, 0) is 32.4 Å². The summed E-state index contributed by atoms with van der Waals surface area (Å²) >= 11 is 0. The molecule has 0 atom stereocenters. The Morgan fingerprint density at radius 2 is 2.06 bits per heavy atom. The van der Waals surface area contributed by atoms with Gasteiger partial charge in [-0.1, -0.05) is 0 Å². The summed E-state index contributed by atoms with van der Waals surface area (Å²) in [6.07, 6.45) is 1.66. The van der Waals surface area contributed by atoms with Gasteiger partial charge in [0.15, 0.2) is 5.82 Å². The molecule has 2 aromatic rings. The average Bonchev–Trinajstić information content (AvgIpc) is 2.56. The summed E-state index contributed by atoms with van der Waals surface area (Å²) in [5.41, 5.74) is 9.46. The Bertz CT molecular complexity index is 619. The average molecular weight is 227 g/mol. The van der Waals surface area contributed by atoms with Crippen LogP contribution < -0.4 is 5.73 Å². The Hall–Kier alpha value is -2.35. The van der Waals surface area contributed by atoms with E-state index in [2.05, 4.69) is 16.2 Å². The molecular weight excluding hydrogens is 214 g/mol. The van der Waals surface area contributed by atoms with E-state index < -0.39 is 0 Å². The minimum absolute atomic E-state index is 0.526. The van der Waals surface area contributed by atoms with Gasteiger partial charge in [0.05, 0.1) is 22.6 Å². The minimum Gasteiger partial charge on any atom is -0.396 e. The van der Waals surface area contributed by atoms with Crippen molar-refractivity contribution in [3.63, 3.8) is 0 Å². The van der Waals surface area contributed by atoms with Crippen LogP contribution in [0, 0.1) is 32.1 Å². The van der Waals surface area contributed by atoms with E-state index in [-0.39, 0.29) is 0 Å². The van der Waals surface area contributed by atoms with Crippen LogP contribution in [0.5, 0.6) is 0 Å². The highest BCUT2D eigenvalue weighted by Gasteiger charge is 2.15. The monoisotopic (exact) mass is 227 g/mol. The standard InChI is InChI=1S/C12H13N5/c1-7-4-5-15-12(10(7)6-13)17-9(3)11(14)8(2)16-17/h4-5H,14H2,1-3H3. The van der Waals surface area contributed by atoms with Crippen LogP contribution in [-0.4, -0.2) is 14.8 Å². The third-order valence-corrected chi connectivity index (χ3v) is 2.80. The summed E-state index contributed by atoms with van der Waals surface area (Å²) in [6, 6.07) is 3.96. The van der Waals surface area contributed by atoms with Crippen molar-refractivity contribution in [3.8, 4) is 11.9 Å². The van der Waals surface area contributed by atoms with Gasteiger partial charge in [0.25, 0.3) is 0 Å². The predicted molar refractivity (Wildman–Crippen MR) is 64.7 cm³/mol. The van der Waals surface area contributed by atoms with Crippen molar-refractivity contribution in [2.75, 3.05) is 5.73 Å². The van der Waals surface area contributed by atoms with Gasteiger partial charge in [-0.25, -0.2) is 9.67 Å². The summed E-state index contributed by atoms with van der Waals surface area (Å²) < 4.78 is 1.62. The summed E-state index contributed by atoms with van der Waals surface area (Å²) in [4.78, 5) is 4.22. The lowest BCUT2D eigenvalue weighted by atomic mass is 10.1. The number of aromatic nitrogens is 3. The number of nitrogens with zero attached hydrogens (tertiary/aromatic N) is 4. The number of nitrogen functional groups attached to an aromatic ring is 1. The number of nitrogens with two attached hydrogens (primary N) is 1. The van der Waals surface area contributed by atoms with E-state index in [0.29, 0.717) is 17.1 Å². The maximum Gasteiger partial charge on any atom is 0.171 e. The third-order valence-electron chi connectivity index (χ3n) is 2.80. The second-order valence-electron chi connectivity index (χ2n) is 3.93. The molecule has 0 spiro atoms. The summed E-state index contributed by atoms with van der Waals surface area (Å²) in [5.74, 6) is 0.532. The molecule has 5 nitrogen and oxygen atoms in total. The highest BCUT2D eigenvalue weighted by atomic mass is 15.3. The highest BCUT2D eigenvalue weighted by Crippen LogP contribution is 2.21. The van der Waals surface area contributed by atoms with Crippen LogP contribution in [0.15, 0.2) is 12.3 Å². The van der Waals surface area contributed by atoms with Gasteiger partial charge in [0, 0.05) is 6.20 Å². The number of aryl methyl sites for hydroxylation is 2. The van der Waals surface area contributed by atoms with Crippen LogP contribution in [0.2, 0.25) is 0 Å². The van der Waals surface area contributed by atoms with Crippen molar-refractivity contribution in [2.24, 2.45) is 0 Å². The summed E-state index contributed by atoms with van der Waals surface area (Å²) in [7, 11) is 0. The van der Waals surface area contributed by atoms with E-state index in [1.54, 1.807) is 16.9 Å². The van der Waals surface area contributed by atoms with Crippen LogP contribution >= 0.6 is 0 Å². The van der Waals surface area contributed by atoms with E-state index in [4.69, 9.17) is 11.0 Å². The molecule has 0 aliphatic heterocycles. The van der Waals surface area contributed by atoms with Crippen LogP contribution in [0.3, 0.4) is 0 Å². The largest absolute Gasteiger partial charge is 0.396 e.